The summed E-state index contributed by atoms with van der Waals surface area (Å²) < 4.78 is 2.32. The Balaban J connectivity index is 2.19. The van der Waals surface area contributed by atoms with Gasteiger partial charge in [-0.3, -0.25) is 4.79 Å². The lowest BCUT2D eigenvalue weighted by Gasteiger charge is -2.26. The van der Waals surface area contributed by atoms with Gasteiger partial charge < -0.3 is 9.88 Å². The molecule has 1 unspecified atom stereocenters. The Morgan fingerprint density at radius 3 is 2.50 bits per heavy atom. The van der Waals surface area contributed by atoms with Gasteiger partial charge in [0.15, 0.2) is 0 Å². The van der Waals surface area contributed by atoms with Crippen molar-refractivity contribution in [1.82, 2.24) is 9.88 Å². The first-order valence-corrected chi connectivity index (χ1v) is 5.09. The second-order valence-corrected chi connectivity index (χ2v) is 3.98. The summed E-state index contributed by atoms with van der Waals surface area (Å²) in [6.07, 6.45) is 1.62. The van der Waals surface area contributed by atoms with Crippen molar-refractivity contribution in [2.75, 3.05) is 6.54 Å². The molecule has 0 radical (unpaired) electrons. The Morgan fingerprint density at radius 2 is 2.00 bits per heavy atom. The van der Waals surface area contributed by atoms with Gasteiger partial charge in [0, 0.05) is 24.4 Å². The second-order valence-electron chi connectivity index (χ2n) is 3.98. The van der Waals surface area contributed by atoms with E-state index in [1.807, 2.05) is 0 Å². The van der Waals surface area contributed by atoms with Gasteiger partial charge in [-0.25, -0.2) is 0 Å². The standard InChI is InChI=1S/C11H16N2O/c1-8-3-4-9(2)13(8)10-5-6-11(14)12-7-10/h3-4,10H,5-7H2,1-2H3,(H,12,14). The van der Waals surface area contributed by atoms with Crippen LogP contribution in [0.3, 0.4) is 0 Å². The van der Waals surface area contributed by atoms with Gasteiger partial charge in [-0.1, -0.05) is 0 Å². The fourth-order valence-electron chi connectivity index (χ4n) is 2.20. The van der Waals surface area contributed by atoms with Crippen molar-refractivity contribution in [3.63, 3.8) is 0 Å². The van der Waals surface area contributed by atoms with Crippen molar-refractivity contribution >= 4 is 5.91 Å². The molecular formula is C11H16N2O. The SMILES string of the molecule is Cc1ccc(C)n1C1CCC(=O)NC1. The van der Waals surface area contributed by atoms with Crippen molar-refractivity contribution in [2.24, 2.45) is 0 Å². The predicted molar refractivity (Wildman–Crippen MR) is 55.2 cm³/mol. The number of carbonyl (C=O) groups is 1. The molecule has 1 atom stereocenters. The molecule has 0 saturated carbocycles. The molecule has 1 aliphatic rings. The molecule has 1 aliphatic heterocycles. The maximum atomic E-state index is 11.0. The highest BCUT2D eigenvalue weighted by Crippen LogP contribution is 2.21. The average molecular weight is 192 g/mol. The van der Waals surface area contributed by atoms with Crippen LogP contribution in [0.1, 0.15) is 30.3 Å². The average Bonchev–Trinajstić information content (AvgIpc) is 2.49. The van der Waals surface area contributed by atoms with E-state index < -0.39 is 0 Å². The molecule has 2 heterocycles. The number of amides is 1. The highest BCUT2D eigenvalue weighted by molar-refractivity contribution is 5.76. The Hall–Kier alpha value is -1.25. The third-order valence-electron chi connectivity index (χ3n) is 2.93. The maximum Gasteiger partial charge on any atom is 0.220 e. The van der Waals surface area contributed by atoms with Crippen molar-refractivity contribution in [2.45, 2.75) is 32.7 Å². The Labute approximate surface area is 84.1 Å². The van der Waals surface area contributed by atoms with E-state index in [2.05, 4.69) is 35.9 Å². The molecule has 1 saturated heterocycles. The van der Waals surface area contributed by atoms with Crippen molar-refractivity contribution < 1.29 is 4.79 Å². The van der Waals surface area contributed by atoms with Gasteiger partial charge in [0.05, 0.1) is 6.04 Å². The largest absolute Gasteiger partial charge is 0.354 e. The number of nitrogens with one attached hydrogen (secondary N) is 1. The summed E-state index contributed by atoms with van der Waals surface area (Å²) in [4.78, 5) is 11.0. The summed E-state index contributed by atoms with van der Waals surface area (Å²) in [5, 5.41) is 2.92. The first-order valence-electron chi connectivity index (χ1n) is 5.09. The molecular weight excluding hydrogens is 176 g/mol. The molecule has 1 aromatic heterocycles. The van der Waals surface area contributed by atoms with Gasteiger partial charge in [-0.05, 0) is 32.4 Å². The molecule has 76 valence electrons. The van der Waals surface area contributed by atoms with Crippen LogP contribution >= 0.6 is 0 Å². The number of piperidine rings is 1. The fourth-order valence-corrected chi connectivity index (χ4v) is 2.20. The lowest BCUT2D eigenvalue weighted by atomic mass is 10.1. The molecule has 0 spiro atoms. The van der Waals surface area contributed by atoms with Crippen molar-refractivity contribution in [3.8, 4) is 0 Å². The summed E-state index contributed by atoms with van der Waals surface area (Å²) in [6, 6.07) is 4.71. The molecule has 14 heavy (non-hydrogen) atoms. The van der Waals surface area contributed by atoms with E-state index in [0.29, 0.717) is 12.5 Å². The van der Waals surface area contributed by atoms with Gasteiger partial charge in [0.25, 0.3) is 0 Å². The van der Waals surface area contributed by atoms with E-state index in [0.717, 1.165) is 13.0 Å². The molecule has 1 N–H and O–H groups in total. The van der Waals surface area contributed by atoms with E-state index in [4.69, 9.17) is 0 Å². The van der Waals surface area contributed by atoms with Crippen molar-refractivity contribution in [3.05, 3.63) is 23.5 Å². The van der Waals surface area contributed by atoms with Gasteiger partial charge in [0.1, 0.15) is 0 Å². The smallest absolute Gasteiger partial charge is 0.220 e. The molecule has 1 fully saturated rings. The molecule has 0 aliphatic carbocycles. The van der Waals surface area contributed by atoms with E-state index in [-0.39, 0.29) is 5.91 Å². The van der Waals surface area contributed by atoms with Crippen LogP contribution in [-0.4, -0.2) is 17.0 Å². The molecule has 3 nitrogen and oxygen atoms in total. The number of aryl methyl sites for hydroxylation is 2. The van der Waals surface area contributed by atoms with Gasteiger partial charge in [0.2, 0.25) is 5.91 Å². The van der Waals surface area contributed by atoms with Crippen molar-refractivity contribution in [1.29, 1.82) is 0 Å². The monoisotopic (exact) mass is 192 g/mol. The Kier molecular flexibility index (Phi) is 2.32. The molecule has 2 rings (SSSR count). The zero-order chi connectivity index (χ0) is 10.1. The van der Waals surface area contributed by atoms with Crippen LogP contribution in [0.5, 0.6) is 0 Å². The normalized spacial score (nSPS) is 22.1. The van der Waals surface area contributed by atoms with Crippen LogP contribution in [0.2, 0.25) is 0 Å². The van der Waals surface area contributed by atoms with E-state index >= 15 is 0 Å². The summed E-state index contributed by atoms with van der Waals surface area (Å²) in [5.41, 5.74) is 2.56. The molecule has 0 bridgehead atoms. The number of rotatable bonds is 1. The summed E-state index contributed by atoms with van der Waals surface area (Å²) in [7, 11) is 0. The predicted octanol–water partition coefficient (Wildman–Crippen LogP) is 1.56. The Morgan fingerprint density at radius 1 is 1.36 bits per heavy atom. The second kappa shape index (κ2) is 3.48. The number of carbonyl (C=O) groups excluding carboxylic acids is 1. The van der Waals surface area contributed by atoms with Crippen LogP contribution < -0.4 is 5.32 Å². The van der Waals surface area contributed by atoms with Gasteiger partial charge in [-0.2, -0.15) is 0 Å². The number of nitrogens with zero attached hydrogens (tertiary/aromatic N) is 1. The molecule has 1 aromatic rings. The number of hydrogen-bond acceptors (Lipinski definition) is 1. The highest BCUT2D eigenvalue weighted by atomic mass is 16.1. The molecule has 0 aromatic carbocycles. The van der Waals surface area contributed by atoms with Crippen LogP contribution in [-0.2, 0) is 4.79 Å². The quantitative estimate of drug-likeness (QED) is 0.719. The lowest BCUT2D eigenvalue weighted by molar-refractivity contribution is -0.122. The van der Waals surface area contributed by atoms with Crippen LogP contribution in [0, 0.1) is 13.8 Å². The zero-order valence-electron chi connectivity index (χ0n) is 8.71. The Bertz CT molecular complexity index is 325. The summed E-state index contributed by atoms with van der Waals surface area (Å²) in [5.74, 6) is 0.184. The first-order chi connectivity index (χ1) is 6.68. The minimum absolute atomic E-state index is 0.184. The lowest BCUT2D eigenvalue weighted by Crippen LogP contribution is -2.36. The zero-order valence-corrected chi connectivity index (χ0v) is 8.71. The van der Waals surface area contributed by atoms with Crippen LogP contribution in [0.4, 0.5) is 0 Å². The van der Waals surface area contributed by atoms with Crippen LogP contribution in [0.15, 0.2) is 12.1 Å². The summed E-state index contributed by atoms with van der Waals surface area (Å²) in [6.45, 7) is 5.00. The van der Waals surface area contributed by atoms with Crippen LogP contribution in [0.25, 0.3) is 0 Å². The topological polar surface area (TPSA) is 34.0 Å². The minimum atomic E-state index is 0.184. The summed E-state index contributed by atoms with van der Waals surface area (Å²) >= 11 is 0. The van der Waals surface area contributed by atoms with E-state index in [1.165, 1.54) is 11.4 Å². The first kappa shape index (κ1) is 9.31. The highest BCUT2D eigenvalue weighted by Gasteiger charge is 2.20. The minimum Gasteiger partial charge on any atom is -0.354 e. The van der Waals surface area contributed by atoms with Gasteiger partial charge >= 0.3 is 0 Å². The van der Waals surface area contributed by atoms with Gasteiger partial charge in [-0.15, -0.1) is 0 Å². The maximum absolute atomic E-state index is 11.0. The molecule has 1 amide bonds. The van der Waals surface area contributed by atoms with E-state index in [1.54, 1.807) is 0 Å². The third kappa shape index (κ3) is 1.54. The van der Waals surface area contributed by atoms with E-state index in [9.17, 15) is 4.79 Å². The fraction of sp³-hybridized carbons (Fsp3) is 0.545. The number of aromatic nitrogens is 1. The number of hydrogen-bond donors (Lipinski definition) is 1. The molecule has 3 heteroatoms. The third-order valence-corrected chi connectivity index (χ3v) is 2.93.